The van der Waals surface area contributed by atoms with Gasteiger partial charge >= 0.3 is 0 Å². The molecule has 0 saturated carbocycles. The lowest BCUT2D eigenvalue weighted by atomic mass is 10.2. The van der Waals surface area contributed by atoms with Gasteiger partial charge in [-0.15, -0.1) is 0 Å². The molecule has 0 saturated heterocycles. The van der Waals surface area contributed by atoms with Gasteiger partial charge in [-0.25, -0.2) is 13.8 Å². The molecular weight excluding hydrogens is 276 g/mol. The molecule has 3 aromatic rings. The summed E-state index contributed by atoms with van der Waals surface area (Å²) >= 11 is 0. The average molecular weight is 287 g/mol. The highest BCUT2D eigenvalue weighted by Crippen LogP contribution is 2.08. The Bertz CT molecular complexity index is 814. The molecule has 0 bridgehead atoms. The summed E-state index contributed by atoms with van der Waals surface area (Å²) in [6, 6.07) is 8.94. The molecule has 0 fully saturated rings. The summed E-state index contributed by atoms with van der Waals surface area (Å²) in [6.07, 6.45) is 2.66. The highest BCUT2D eigenvalue weighted by molar-refractivity contribution is 5.92. The highest BCUT2D eigenvalue weighted by atomic mass is 19.1. The molecule has 0 spiro atoms. The summed E-state index contributed by atoms with van der Waals surface area (Å²) in [7, 11) is 0. The summed E-state index contributed by atoms with van der Waals surface area (Å²) in [6.45, 7) is 0.0632. The fourth-order valence-corrected chi connectivity index (χ4v) is 1.98. The first kappa shape index (κ1) is 13.2. The first-order valence-electron chi connectivity index (χ1n) is 6.29. The number of hydrogen-bond donors (Lipinski definition) is 1. The molecule has 0 aliphatic carbocycles. The number of halogens is 2. The molecule has 1 amide bonds. The van der Waals surface area contributed by atoms with E-state index >= 15 is 0 Å². The third kappa shape index (κ3) is 2.74. The largest absolute Gasteiger partial charge is 0.346 e. The molecule has 2 heterocycles. The Hall–Kier alpha value is -2.76. The smallest absolute Gasteiger partial charge is 0.271 e. The zero-order chi connectivity index (χ0) is 14.8. The van der Waals surface area contributed by atoms with Gasteiger partial charge in [0.15, 0.2) is 0 Å². The normalized spacial score (nSPS) is 10.8. The van der Waals surface area contributed by atoms with Crippen molar-refractivity contribution in [3.8, 4) is 0 Å². The minimum absolute atomic E-state index is 0.0632. The van der Waals surface area contributed by atoms with Crippen molar-refractivity contribution in [1.29, 1.82) is 0 Å². The maximum absolute atomic E-state index is 13.4. The van der Waals surface area contributed by atoms with Crippen molar-refractivity contribution in [2.45, 2.75) is 6.54 Å². The van der Waals surface area contributed by atoms with E-state index in [0.29, 0.717) is 11.2 Å². The van der Waals surface area contributed by atoms with E-state index in [4.69, 9.17) is 0 Å². The number of nitrogens with one attached hydrogen (secondary N) is 1. The lowest BCUT2D eigenvalue weighted by molar-refractivity contribution is 0.0946. The van der Waals surface area contributed by atoms with Crippen LogP contribution in [-0.4, -0.2) is 15.3 Å². The molecular formula is C15H11F2N3O. The van der Waals surface area contributed by atoms with E-state index in [1.165, 1.54) is 35.0 Å². The highest BCUT2D eigenvalue weighted by Gasteiger charge is 2.11. The van der Waals surface area contributed by atoms with Crippen LogP contribution in [0.3, 0.4) is 0 Å². The molecule has 2 aromatic heterocycles. The van der Waals surface area contributed by atoms with Gasteiger partial charge in [-0.3, -0.25) is 4.79 Å². The second-order valence-electron chi connectivity index (χ2n) is 4.51. The van der Waals surface area contributed by atoms with Crippen molar-refractivity contribution < 1.29 is 13.6 Å². The number of nitrogens with zero attached hydrogens (tertiary/aromatic N) is 2. The number of benzene rings is 1. The van der Waals surface area contributed by atoms with Crippen molar-refractivity contribution in [2.75, 3.05) is 0 Å². The van der Waals surface area contributed by atoms with Crippen molar-refractivity contribution >= 4 is 11.6 Å². The molecule has 106 valence electrons. The van der Waals surface area contributed by atoms with Crippen molar-refractivity contribution in [1.82, 2.24) is 14.7 Å². The maximum Gasteiger partial charge on any atom is 0.271 e. The second-order valence-corrected chi connectivity index (χ2v) is 4.51. The Morgan fingerprint density at radius 2 is 1.95 bits per heavy atom. The number of pyridine rings is 1. The van der Waals surface area contributed by atoms with Crippen LogP contribution in [0.1, 0.15) is 16.1 Å². The van der Waals surface area contributed by atoms with Gasteiger partial charge in [0.25, 0.3) is 5.91 Å². The fourth-order valence-electron chi connectivity index (χ4n) is 1.98. The number of imidazole rings is 1. The second kappa shape index (κ2) is 5.32. The Morgan fingerprint density at radius 3 is 2.76 bits per heavy atom. The minimum atomic E-state index is -0.442. The van der Waals surface area contributed by atoms with Crippen molar-refractivity contribution in [3.63, 3.8) is 0 Å². The van der Waals surface area contributed by atoms with Crippen molar-refractivity contribution in [2.24, 2.45) is 0 Å². The van der Waals surface area contributed by atoms with E-state index in [1.54, 1.807) is 18.2 Å². The van der Waals surface area contributed by atoms with Crippen LogP contribution in [0.4, 0.5) is 8.78 Å². The molecule has 4 nitrogen and oxygen atoms in total. The number of amides is 1. The number of carbonyl (C=O) groups is 1. The predicted molar refractivity (Wildman–Crippen MR) is 72.7 cm³/mol. The third-order valence-corrected chi connectivity index (χ3v) is 3.04. The first-order valence-corrected chi connectivity index (χ1v) is 6.29. The average Bonchev–Trinajstić information content (AvgIpc) is 2.89. The monoisotopic (exact) mass is 287 g/mol. The lowest BCUT2D eigenvalue weighted by Crippen LogP contribution is -2.23. The molecule has 0 aliphatic rings. The van der Waals surface area contributed by atoms with Gasteiger partial charge in [-0.1, -0.05) is 18.2 Å². The summed E-state index contributed by atoms with van der Waals surface area (Å²) < 4.78 is 27.9. The molecule has 6 heteroatoms. The van der Waals surface area contributed by atoms with Gasteiger partial charge < -0.3 is 9.72 Å². The molecule has 0 atom stereocenters. The molecule has 0 radical (unpaired) electrons. The van der Waals surface area contributed by atoms with Gasteiger partial charge in [0, 0.05) is 24.5 Å². The minimum Gasteiger partial charge on any atom is -0.346 e. The molecule has 1 aromatic carbocycles. The summed E-state index contributed by atoms with van der Waals surface area (Å²) in [4.78, 5) is 16.1. The zero-order valence-corrected chi connectivity index (χ0v) is 10.9. The molecule has 21 heavy (non-hydrogen) atoms. The van der Waals surface area contributed by atoms with E-state index in [-0.39, 0.29) is 18.1 Å². The molecule has 0 unspecified atom stereocenters. The van der Waals surface area contributed by atoms with Crippen LogP contribution in [0, 0.1) is 11.6 Å². The van der Waals surface area contributed by atoms with E-state index < -0.39 is 11.7 Å². The van der Waals surface area contributed by atoms with Gasteiger partial charge in [-0.05, 0) is 18.2 Å². The number of hydrogen-bond acceptors (Lipinski definition) is 2. The van der Waals surface area contributed by atoms with E-state index in [0.717, 1.165) is 0 Å². The van der Waals surface area contributed by atoms with E-state index in [1.807, 2.05) is 0 Å². The van der Waals surface area contributed by atoms with Gasteiger partial charge in [-0.2, -0.15) is 0 Å². The van der Waals surface area contributed by atoms with Crippen LogP contribution in [-0.2, 0) is 6.54 Å². The standard InChI is InChI=1S/C15H11F2N3O/c16-11-5-6-14-19-13(9-20(14)8-11)15(21)18-7-10-3-1-2-4-12(10)17/h1-6,8-9H,7H2,(H,18,21). The lowest BCUT2D eigenvalue weighted by Gasteiger charge is -2.04. The molecule has 1 N–H and O–H groups in total. The fraction of sp³-hybridized carbons (Fsp3) is 0.0667. The van der Waals surface area contributed by atoms with E-state index in [2.05, 4.69) is 10.3 Å². The third-order valence-electron chi connectivity index (χ3n) is 3.04. The molecule has 3 rings (SSSR count). The van der Waals surface area contributed by atoms with Gasteiger partial charge in [0.2, 0.25) is 0 Å². The Balaban J connectivity index is 1.76. The number of rotatable bonds is 3. The van der Waals surface area contributed by atoms with Crippen LogP contribution >= 0.6 is 0 Å². The summed E-state index contributed by atoms with van der Waals surface area (Å²) in [5.41, 5.74) is 1.00. The van der Waals surface area contributed by atoms with Crippen LogP contribution in [0.25, 0.3) is 5.65 Å². The number of carbonyl (C=O) groups excluding carboxylic acids is 1. The SMILES string of the molecule is O=C(NCc1ccccc1F)c1cn2cc(F)ccc2n1. The topological polar surface area (TPSA) is 46.4 Å². The van der Waals surface area contributed by atoms with Crippen LogP contribution in [0.2, 0.25) is 0 Å². The quantitative estimate of drug-likeness (QED) is 0.804. The van der Waals surface area contributed by atoms with E-state index in [9.17, 15) is 13.6 Å². The van der Waals surface area contributed by atoms with Crippen LogP contribution in [0.15, 0.2) is 48.8 Å². The van der Waals surface area contributed by atoms with Crippen LogP contribution < -0.4 is 5.32 Å². The summed E-state index contributed by atoms with van der Waals surface area (Å²) in [5, 5.41) is 2.58. The predicted octanol–water partition coefficient (Wildman–Crippen LogP) is 2.54. The maximum atomic E-state index is 13.4. The van der Waals surface area contributed by atoms with Gasteiger partial charge in [0.1, 0.15) is 23.0 Å². The Kier molecular flexibility index (Phi) is 3.35. The first-order chi connectivity index (χ1) is 10.1. The van der Waals surface area contributed by atoms with Gasteiger partial charge in [0.05, 0.1) is 0 Å². The Morgan fingerprint density at radius 1 is 1.14 bits per heavy atom. The summed E-state index contributed by atoms with van der Waals surface area (Å²) in [5.74, 6) is -1.24. The van der Waals surface area contributed by atoms with Crippen molar-refractivity contribution in [3.05, 3.63) is 71.7 Å². The number of fused-ring (bicyclic) bond motifs is 1. The zero-order valence-electron chi connectivity index (χ0n) is 10.9. The Labute approximate surface area is 119 Å². The molecule has 0 aliphatic heterocycles. The number of aromatic nitrogens is 2. The van der Waals surface area contributed by atoms with Crippen LogP contribution in [0.5, 0.6) is 0 Å².